The fourth-order valence-corrected chi connectivity index (χ4v) is 5.62. The van der Waals surface area contributed by atoms with E-state index >= 15 is 0 Å². The third-order valence-electron chi connectivity index (χ3n) is 7.86. The Hall–Kier alpha value is -4.59. The molecule has 208 valence electrons. The molecule has 0 spiro atoms. The second-order valence-corrected chi connectivity index (χ2v) is 10.9. The van der Waals surface area contributed by atoms with Crippen molar-refractivity contribution in [2.45, 2.75) is 58.6 Å². The fraction of sp³-hybridized carbons (Fsp3) is 0.303. The molecule has 1 aliphatic carbocycles. The van der Waals surface area contributed by atoms with Crippen molar-refractivity contribution in [3.8, 4) is 17.1 Å². The summed E-state index contributed by atoms with van der Waals surface area (Å²) in [6.45, 7) is 4.90. The van der Waals surface area contributed by atoms with Crippen molar-refractivity contribution in [3.05, 3.63) is 101 Å². The number of hydrogen-bond donors (Lipinski definition) is 1. The zero-order valence-electron chi connectivity index (χ0n) is 23.3. The number of aryl methyl sites for hydroxylation is 2. The van der Waals surface area contributed by atoms with Gasteiger partial charge in [-0.2, -0.15) is 0 Å². The average molecular weight is 548 g/mol. The highest BCUT2D eigenvalue weighted by molar-refractivity contribution is 5.79. The van der Waals surface area contributed by atoms with E-state index in [4.69, 9.17) is 9.72 Å². The van der Waals surface area contributed by atoms with Crippen LogP contribution < -0.4 is 4.74 Å². The second kappa shape index (κ2) is 11.5. The van der Waals surface area contributed by atoms with Crippen molar-refractivity contribution in [2.24, 2.45) is 5.92 Å². The quantitative estimate of drug-likeness (QED) is 0.237. The Morgan fingerprint density at radius 2 is 1.68 bits per heavy atom. The number of aliphatic carboxylic acids is 1. The minimum atomic E-state index is -0.745. The Bertz CT molecular complexity index is 1660. The third kappa shape index (κ3) is 5.82. The number of carbonyl (C=O) groups is 1. The van der Waals surface area contributed by atoms with E-state index in [1.165, 1.54) is 0 Å². The Morgan fingerprint density at radius 1 is 0.927 bits per heavy atom. The number of carboxylic acid groups (broad SMARTS) is 1. The predicted octanol–water partition coefficient (Wildman–Crippen LogP) is 6.49. The summed E-state index contributed by atoms with van der Waals surface area (Å²) >= 11 is 0. The maximum absolute atomic E-state index is 12.2. The summed E-state index contributed by atoms with van der Waals surface area (Å²) in [6, 6.07) is 18.1. The van der Waals surface area contributed by atoms with Gasteiger partial charge in [0.25, 0.3) is 0 Å². The molecule has 3 aromatic heterocycles. The van der Waals surface area contributed by atoms with E-state index in [0.717, 1.165) is 69.8 Å². The fourth-order valence-electron chi connectivity index (χ4n) is 5.62. The normalized spacial score (nSPS) is 17.0. The lowest BCUT2D eigenvalue weighted by Crippen LogP contribution is -2.27. The topological polar surface area (TPSA) is 103 Å². The molecule has 41 heavy (non-hydrogen) atoms. The SMILES string of the molecule is Cc1ccc(COc2ccc3nc([C@H]4CCCC[C@H]4C(=O)O)n(Cc4ccc(-c5ncc(C)cn5)cc4)c3c2)nc1. The number of fused-ring (bicyclic) bond motifs is 1. The summed E-state index contributed by atoms with van der Waals surface area (Å²) < 4.78 is 8.30. The van der Waals surface area contributed by atoms with Crippen molar-refractivity contribution in [1.29, 1.82) is 0 Å². The van der Waals surface area contributed by atoms with Gasteiger partial charge in [0.2, 0.25) is 0 Å². The number of benzene rings is 2. The molecular weight excluding hydrogens is 514 g/mol. The molecule has 0 saturated heterocycles. The molecule has 6 rings (SSSR count). The molecule has 3 heterocycles. The Morgan fingerprint density at radius 3 is 2.41 bits per heavy atom. The largest absolute Gasteiger partial charge is 0.487 e. The van der Waals surface area contributed by atoms with Crippen LogP contribution in [-0.2, 0) is 17.9 Å². The van der Waals surface area contributed by atoms with Gasteiger partial charge < -0.3 is 14.4 Å². The van der Waals surface area contributed by atoms with E-state index in [1.54, 1.807) is 0 Å². The van der Waals surface area contributed by atoms with E-state index < -0.39 is 11.9 Å². The van der Waals surface area contributed by atoms with Gasteiger partial charge >= 0.3 is 5.97 Å². The first-order valence-corrected chi connectivity index (χ1v) is 14.1. The summed E-state index contributed by atoms with van der Waals surface area (Å²) in [5.74, 6) is 0.907. The molecule has 2 atom stereocenters. The van der Waals surface area contributed by atoms with Crippen LogP contribution in [0.5, 0.6) is 5.75 Å². The van der Waals surface area contributed by atoms with Crippen LogP contribution in [0.3, 0.4) is 0 Å². The molecule has 1 saturated carbocycles. The first-order valence-electron chi connectivity index (χ1n) is 14.1. The number of carboxylic acids is 1. The smallest absolute Gasteiger partial charge is 0.307 e. The molecule has 8 nitrogen and oxygen atoms in total. The van der Waals surface area contributed by atoms with Gasteiger partial charge in [0.15, 0.2) is 5.82 Å². The lowest BCUT2D eigenvalue weighted by Gasteiger charge is -2.28. The molecule has 1 fully saturated rings. The number of hydrogen-bond acceptors (Lipinski definition) is 6. The Kier molecular flexibility index (Phi) is 7.46. The minimum Gasteiger partial charge on any atom is -0.487 e. The van der Waals surface area contributed by atoms with E-state index in [0.29, 0.717) is 25.4 Å². The molecule has 0 unspecified atom stereocenters. The van der Waals surface area contributed by atoms with E-state index in [2.05, 4.69) is 31.7 Å². The minimum absolute atomic E-state index is 0.144. The monoisotopic (exact) mass is 547 g/mol. The van der Waals surface area contributed by atoms with Gasteiger partial charge in [-0.25, -0.2) is 15.0 Å². The van der Waals surface area contributed by atoms with Gasteiger partial charge in [0, 0.05) is 42.7 Å². The van der Waals surface area contributed by atoms with Crippen LogP contribution in [-0.4, -0.2) is 35.6 Å². The molecule has 8 heteroatoms. The van der Waals surface area contributed by atoms with Crippen LogP contribution >= 0.6 is 0 Å². The van der Waals surface area contributed by atoms with E-state index in [1.807, 2.05) is 74.9 Å². The zero-order valence-corrected chi connectivity index (χ0v) is 23.3. The van der Waals surface area contributed by atoms with Crippen molar-refractivity contribution in [1.82, 2.24) is 24.5 Å². The number of pyridine rings is 1. The summed E-state index contributed by atoms with van der Waals surface area (Å²) in [6.07, 6.45) is 8.89. The summed E-state index contributed by atoms with van der Waals surface area (Å²) in [4.78, 5) is 30.6. The van der Waals surface area contributed by atoms with Crippen LogP contribution in [0.1, 0.15) is 59.8 Å². The van der Waals surface area contributed by atoms with Gasteiger partial charge in [-0.05, 0) is 61.6 Å². The van der Waals surface area contributed by atoms with Crippen LogP contribution in [0, 0.1) is 19.8 Å². The Labute approximate surface area is 239 Å². The summed E-state index contributed by atoms with van der Waals surface area (Å²) in [5.41, 5.74) is 6.77. The van der Waals surface area contributed by atoms with Crippen LogP contribution in [0.4, 0.5) is 0 Å². The third-order valence-corrected chi connectivity index (χ3v) is 7.86. The Balaban J connectivity index is 1.35. The maximum atomic E-state index is 12.2. The van der Waals surface area contributed by atoms with Gasteiger partial charge in [-0.1, -0.05) is 43.2 Å². The van der Waals surface area contributed by atoms with Crippen molar-refractivity contribution in [3.63, 3.8) is 0 Å². The van der Waals surface area contributed by atoms with Crippen LogP contribution in [0.2, 0.25) is 0 Å². The number of ether oxygens (including phenoxy) is 1. The molecule has 1 N–H and O–H groups in total. The lowest BCUT2D eigenvalue weighted by molar-refractivity contribution is -0.143. The predicted molar refractivity (Wildman–Crippen MR) is 157 cm³/mol. The van der Waals surface area contributed by atoms with Gasteiger partial charge in [0.05, 0.1) is 22.6 Å². The molecule has 0 radical (unpaired) electrons. The number of aromatic nitrogens is 5. The average Bonchev–Trinajstić information content (AvgIpc) is 3.35. The first-order chi connectivity index (χ1) is 19.9. The molecular formula is C33H33N5O3. The highest BCUT2D eigenvalue weighted by Gasteiger charge is 2.35. The molecule has 0 bridgehead atoms. The molecule has 1 aliphatic rings. The second-order valence-electron chi connectivity index (χ2n) is 10.9. The highest BCUT2D eigenvalue weighted by Crippen LogP contribution is 2.39. The van der Waals surface area contributed by atoms with Gasteiger partial charge in [-0.3, -0.25) is 9.78 Å². The zero-order chi connectivity index (χ0) is 28.3. The number of imidazole rings is 1. The first kappa shape index (κ1) is 26.6. The standard InChI is InChI=1S/C33H33N5O3/c1-21-7-12-25(34-16-21)20-41-26-13-14-29-30(15-26)38(32(37-29)27-5-3-4-6-28(27)33(39)40)19-23-8-10-24(11-9-23)31-35-17-22(2)18-36-31/h7-18,27-28H,3-6,19-20H2,1-2H3,(H,39,40)/t27-,28+/m0/s1. The summed E-state index contributed by atoms with van der Waals surface area (Å²) in [7, 11) is 0. The van der Waals surface area contributed by atoms with E-state index in [9.17, 15) is 9.90 Å². The molecule has 0 aliphatic heterocycles. The van der Waals surface area contributed by atoms with Crippen molar-refractivity contribution >= 4 is 17.0 Å². The van der Waals surface area contributed by atoms with E-state index in [-0.39, 0.29) is 5.92 Å². The summed E-state index contributed by atoms with van der Waals surface area (Å²) in [5, 5.41) is 10.0. The molecule has 0 amide bonds. The van der Waals surface area contributed by atoms with Crippen LogP contribution in [0.15, 0.2) is 73.2 Å². The molecule has 2 aromatic carbocycles. The van der Waals surface area contributed by atoms with Crippen LogP contribution in [0.25, 0.3) is 22.4 Å². The van der Waals surface area contributed by atoms with Gasteiger partial charge in [-0.15, -0.1) is 0 Å². The number of rotatable bonds is 8. The lowest BCUT2D eigenvalue weighted by atomic mass is 9.78. The van der Waals surface area contributed by atoms with Crippen molar-refractivity contribution < 1.29 is 14.6 Å². The van der Waals surface area contributed by atoms with Crippen molar-refractivity contribution in [2.75, 3.05) is 0 Å². The maximum Gasteiger partial charge on any atom is 0.307 e. The highest BCUT2D eigenvalue weighted by atomic mass is 16.5. The van der Waals surface area contributed by atoms with Gasteiger partial charge in [0.1, 0.15) is 18.2 Å². The number of nitrogens with zero attached hydrogens (tertiary/aromatic N) is 5. The molecule has 5 aromatic rings.